The molecule has 7 heteroatoms. The van der Waals surface area contributed by atoms with E-state index in [1.807, 2.05) is 18.7 Å². The molecule has 3 aromatic rings. The zero-order valence-corrected chi connectivity index (χ0v) is 21.2. The predicted octanol–water partition coefficient (Wildman–Crippen LogP) is 5.43. The lowest BCUT2D eigenvalue weighted by Crippen LogP contribution is -2.39. The second kappa shape index (κ2) is 9.53. The van der Waals surface area contributed by atoms with Gasteiger partial charge in [-0.3, -0.25) is 4.79 Å². The maximum Gasteiger partial charge on any atom is 0.211 e. The van der Waals surface area contributed by atoms with Crippen molar-refractivity contribution >= 4 is 26.4 Å². The van der Waals surface area contributed by atoms with Crippen molar-refractivity contribution in [3.63, 3.8) is 0 Å². The van der Waals surface area contributed by atoms with Crippen LogP contribution in [0.1, 0.15) is 46.1 Å². The Morgan fingerprint density at radius 2 is 1.68 bits per heavy atom. The number of anilines is 1. The normalized spacial score (nSPS) is 19.0. The van der Waals surface area contributed by atoms with E-state index in [1.165, 1.54) is 24.4 Å². The van der Waals surface area contributed by atoms with Gasteiger partial charge in [-0.15, -0.1) is 0 Å². The average molecular weight is 485 g/mol. The standard InChI is InChI=1S/C27H33FN2O3S/c1-5-11-29-17-26(34(32,33)21-9-7-20(6-2)8-10-21)27(31)22-13-23(28)25(14-24(22)29)30-15-18(3)12-19(4)16-30/h7-10,13-14,17-19H,5-6,11-12,15-16H2,1-4H3/t18-,19+. The highest BCUT2D eigenvalue weighted by Crippen LogP contribution is 2.31. The van der Waals surface area contributed by atoms with Crippen LogP contribution in [0.25, 0.3) is 10.9 Å². The molecule has 0 N–H and O–H groups in total. The number of halogens is 1. The summed E-state index contributed by atoms with van der Waals surface area (Å²) in [6, 6.07) is 9.52. The predicted molar refractivity (Wildman–Crippen MR) is 135 cm³/mol. The van der Waals surface area contributed by atoms with E-state index in [2.05, 4.69) is 13.8 Å². The van der Waals surface area contributed by atoms with Gasteiger partial charge in [0.2, 0.25) is 15.3 Å². The molecule has 0 radical (unpaired) electrons. The van der Waals surface area contributed by atoms with E-state index in [-0.39, 0.29) is 15.2 Å². The highest BCUT2D eigenvalue weighted by atomic mass is 32.2. The van der Waals surface area contributed by atoms with Gasteiger partial charge in [0.05, 0.1) is 21.5 Å². The molecule has 0 amide bonds. The molecule has 2 aromatic carbocycles. The van der Waals surface area contributed by atoms with Crippen LogP contribution in [0.15, 0.2) is 57.2 Å². The summed E-state index contributed by atoms with van der Waals surface area (Å²) < 4.78 is 44.0. The third-order valence-corrected chi connectivity index (χ3v) is 8.48. The first-order valence-corrected chi connectivity index (χ1v) is 13.6. The van der Waals surface area contributed by atoms with E-state index in [9.17, 15) is 13.2 Å². The van der Waals surface area contributed by atoms with Gasteiger partial charge in [0, 0.05) is 25.8 Å². The number of hydrogen-bond donors (Lipinski definition) is 0. The van der Waals surface area contributed by atoms with Crippen LogP contribution in [0, 0.1) is 17.7 Å². The number of aryl methyl sites for hydroxylation is 2. The maximum absolute atomic E-state index is 15.4. The first-order chi connectivity index (χ1) is 16.1. The second-order valence-electron chi connectivity index (χ2n) is 9.69. The highest BCUT2D eigenvalue weighted by molar-refractivity contribution is 7.91. The molecular weight excluding hydrogens is 451 g/mol. The summed E-state index contributed by atoms with van der Waals surface area (Å²) in [5.74, 6) is 0.405. The molecule has 34 heavy (non-hydrogen) atoms. The minimum absolute atomic E-state index is 0.0672. The summed E-state index contributed by atoms with van der Waals surface area (Å²) in [6.45, 7) is 10.3. The number of pyridine rings is 1. The molecule has 1 aromatic heterocycles. The Hall–Kier alpha value is -2.67. The smallest absolute Gasteiger partial charge is 0.211 e. The summed E-state index contributed by atoms with van der Waals surface area (Å²) in [6.07, 6.45) is 4.07. The molecule has 0 spiro atoms. The molecule has 0 aliphatic carbocycles. The molecule has 1 saturated heterocycles. The summed E-state index contributed by atoms with van der Waals surface area (Å²) in [5, 5.41) is 0.0964. The fourth-order valence-corrected chi connectivity index (χ4v) is 6.49. The Balaban J connectivity index is 1.89. The van der Waals surface area contributed by atoms with Crippen molar-refractivity contribution in [2.75, 3.05) is 18.0 Å². The lowest BCUT2D eigenvalue weighted by Gasteiger charge is -2.37. The van der Waals surface area contributed by atoms with Crippen LogP contribution in [0.4, 0.5) is 10.1 Å². The van der Waals surface area contributed by atoms with Gasteiger partial charge in [-0.05, 0) is 60.9 Å². The minimum Gasteiger partial charge on any atom is -0.369 e. The molecule has 182 valence electrons. The minimum atomic E-state index is -4.05. The van der Waals surface area contributed by atoms with E-state index in [1.54, 1.807) is 22.8 Å². The molecule has 2 heterocycles. The van der Waals surface area contributed by atoms with E-state index in [0.717, 1.165) is 37.9 Å². The summed E-state index contributed by atoms with van der Waals surface area (Å²) >= 11 is 0. The van der Waals surface area contributed by atoms with Crippen molar-refractivity contribution in [3.8, 4) is 0 Å². The number of hydrogen-bond acceptors (Lipinski definition) is 4. The van der Waals surface area contributed by atoms with E-state index < -0.39 is 21.1 Å². The number of sulfone groups is 1. The fraction of sp³-hybridized carbons (Fsp3) is 0.444. The van der Waals surface area contributed by atoms with Gasteiger partial charge < -0.3 is 9.47 Å². The third-order valence-electron chi connectivity index (χ3n) is 6.72. The van der Waals surface area contributed by atoms with Crippen molar-refractivity contribution in [1.82, 2.24) is 4.57 Å². The Morgan fingerprint density at radius 3 is 2.26 bits per heavy atom. The number of benzene rings is 2. The Morgan fingerprint density at radius 1 is 1.03 bits per heavy atom. The first kappa shape index (κ1) is 24.5. The molecule has 4 rings (SSSR count). The highest BCUT2D eigenvalue weighted by Gasteiger charge is 2.27. The molecule has 1 aliphatic rings. The Kier molecular flexibility index (Phi) is 6.85. The number of rotatable bonds is 6. The maximum atomic E-state index is 15.4. The third kappa shape index (κ3) is 4.50. The monoisotopic (exact) mass is 484 g/mol. The van der Waals surface area contributed by atoms with Crippen LogP contribution < -0.4 is 10.3 Å². The Bertz CT molecular complexity index is 1350. The molecule has 1 aliphatic heterocycles. The molecular formula is C27H33FN2O3S. The largest absolute Gasteiger partial charge is 0.369 e. The second-order valence-corrected chi connectivity index (χ2v) is 11.6. The van der Waals surface area contributed by atoms with Crippen LogP contribution in [-0.4, -0.2) is 26.1 Å². The van der Waals surface area contributed by atoms with Crippen molar-refractivity contribution in [3.05, 3.63) is 64.2 Å². The van der Waals surface area contributed by atoms with Crippen molar-refractivity contribution in [2.24, 2.45) is 11.8 Å². The van der Waals surface area contributed by atoms with E-state index in [4.69, 9.17) is 0 Å². The van der Waals surface area contributed by atoms with Crippen LogP contribution in [0.3, 0.4) is 0 Å². The Labute approximate surface area is 201 Å². The molecule has 0 unspecified atom stereocenters. The van der Waals surface area contributed by atoms with Crippen molar-refractivity contribution in [2.45, 2.75) is 63.3 Å². The lowest BCUT2D eigenvalue weighted by molar-refractivity contribution is 0.354. The van der Waals surface area contributed by atoms with Crippen LogP contribution >= 0.6 is 0 Å². The van der Waals surface area contributed by atoms with Gasteiger partial charge in [-0.2, -0.15) is 0 Å². The van der Waals surface area contributed by atoms with Crippen LogP contribution in [-0.2, 0) is 22.8 Å². The number of fused-ring (bicyclic) bond motifs is 1. The van der Waals surface area contributed by atoms with Gasteiger partial charge >= 0.3 is 0 Å². The number of piperidine rings is 1. The summed E-state index contributed by atoms with van der Waals surface area (Å²) in [4.78, 5) is 15.2. The zero-order chi connectivity index (χ0) is 24.6. The summed E-state index contributed by atoms with van der Waals surface area (Å²) in [5.41, 5.74) is 1.39. The van der Waals surface area contributed by atoms with Crippen LogP contribution in [0.5, 0.6) is 0 Å². The summed E-state index contributed by atoms with van der Waals surface area (Å²) in [7, 11) is -4.05. The molecule has 0 saturated carbocycles. The van der Waals surface area contributed by atoms with Crippen molar-refractivity contribution < 1.29 is 12.8 Å². The van der Waals surface area contributed by atoms with E-state index in [0.29, 0.717) is 29.6 Å². The lowest BCUT2D eigenvalue weighted by atomic mass is 9.91. The van der Waals surface area contributed by atoms with Gasteiger partial charge in [-0.1, -0.05) is 39.8 Å². The van der Waals surface area contributed by atoms with Gasteiger partial charge in [-0.25, -0.2) is 12.8 Å². The van der Waals surface area contributed by atoms with Gasteiger partial charge in [0.1, 0.15) is 10.7 Å². The van der Waals surface area contributed by atoms with Gasteiger partial charge in [0.25, 0.3) is 0 Å². The van der Waals surface area contributed by atoms with E-state index >= 15 is 4.39 Å². The first-order valence-electron chi connectivity index (χ1n) is 12.1. The van der Waals surface area contributed by atoms with Crippen LogP contribution in [0.2, 0.25) is 0 Å². The SMILES string of the molecule is CCCn1cc(S(=O)(=O)c2ccc(CC)cc2)c(=O)c2cc(F)c(N3C[C@H](C)C[C@H](C)C3)cc21. The molecule has 0 bridgehead atoms. The molecule has 2 atom stereocenters. The van der Waals surface area contributed by atoms with Crippen molar-refractivity contribution in [1.29, 1.82) is 0 Å². The van der Waals surface area contributed by atoms with Gasteiger partial charge in [0.15, 0.2) is 0 Å². The topological polar surface area (TPSA) is 59.4 Å². The number of nitrogens with zero attached hydrogens (tertiary/aromatic N) is 2. The molecule has 5 nitrogen and oxygen atoms in total. The number of aromatic nitrogens is 1. The zero-order valence-electron chi connectivity index (χ0n) is 20.3. The quantitative estimate of drug-likeness (QED) is 0.468. The fourth-order valence-electron chi connectivity index (χ4n) is 5.12. The molecule has 1 fully saturated rings. The average Bonchev–Trinajstić information content (AvgIpc) is 2.80.